The molecule has 1 heterocycles. The lowest BCUT2D eigenvalue weighted by molar-refractivity contribution is 0.435. The van der Waals surface area contributed by atoms with Crippen LogP contribution in [0.3, 0.4) is 0 Å². The molecule has 3 heteroatoms. The van der Waals surface area contributed by atoms with Crippen LogP contribution >= 0.6 is 11.6 Å². The van der Waals surface area contributed by atoms with Crippen LogP contribution < -0.4 is 0 Å². The molecule has 0 N–H and O–H groups in total. The maximum atomic E-state index is 6.22. The van der Waals surface area contributed by atoms with Crippen LogP contribution in [0.5, 0.6) is 0 Å². The maximum Gasteiger partial charge on any atom is 0.168 e. The fraction of sp³-hybridized carbons (Fsp3) is 0. The van der Waals surface area contributed by atoms with Crippen molar-refractivity contribution >= 4 is 22.4 Å². The van der Waals surface area contributed by atoms with E-state index in [2.05, 4.69) is 29.4 Å². The van der Waals surface area contributed by atoms with Crippen molar-refractivity contribution in [1.29, 1.82) is 0 Å². The summed E-state index contributed by atoms with van der Waals surface area (Å²) in [6.07, 6.45) is 0. The normalized spacial score (nSPS) is 11.0. The molecule has 0 radical (unpaired) electrons. The van der Waals surface area contributed by atoms with Crippen LogP contribution in [-0.4, -0.2) is 5.16 Å². The first-order valence-corrected chi connectivity index (χ1v) is 7.40. The smallest absolute Gasteiger partial charge is 0.168 e. The first-order valence-electron chi connectivity index (χ1n) is 7.03. The third-order valence-electron chi connectivity index (χ3n) is 3.72. The predicted octanol–water partition coefficient (Wildman–Crippen LogP) is 5.82. The molecule has 0 bridgehead atoms. The Labute approximate surface area is 132 Å². The van der Waals surface area contributed by atoms with Gasteiger partial charge in [0.2, 0.25) is 0 Å². The molecule has 4 aromatic rings. The third-order valence-corrected chi connectivity index (χ3v) is 4.04. The highest BCUT2D eigenvalue weighted by atomic mass is 35.5. The second kappa shape index (κ2) is 5.32. The van der Waals surface area contributed by atoms with Gasteiger partial charge in [-0.3, -0.25) is 0 Å². The summed E-state index contributed by atoms with van der Waals surface area (Å²) in [6.45, 7) is 0. The minimum atomic E-state index is 0.656. The zero-order valence-corrected chi connectivity index (χ0v) is 12.4. The molecule has 2 nitrogen and oxygen atoms in total. The summed E-state index contributed by atoms with van der Waals surface area (Å²) in [5, 5.41) is 7.22. The lowest BCUT2D eigenvalue weighted by Crippen LogP contribution is -1.80. The topological polar surface area (TPSA) is 26.0 Å². The molecule has 4 rings (SSSR count). The monoisotopic (exact) mass is 305 g/mol. The minimum Gasteiger partial charge on any atom is -0.356 e. The van der Waals surface area contributed by atoms with E-state index in [4.69, 9.17) is 16.1 Å². The molecule has 0 aliphatic carbocycles. The van der Waals surface area contributed by atoms with Crippen molar-refractivity contribution in [1.82, 2.24) is 5.16 Å². The number of aromatic nitrogens is 1. The van der Waals surface area contributed by atoms with Crippen molar-refractivity contribution in [3.8, 4) is 22.6 Å². The molecule has 22 heavy (non-hydrogen) atoms. The van der Waals surface area contributed by atoms with Gasteiger partial charge in [-0.25, -0.2) is 0 Å². The molecule has 0 fully saturated rings. The fourth-order valence-electron chi connectivity index (χ4n) is 2.64. The van der Waals surface area contributed by atoms with Crippen LogP contribution in [0.25, 0.3) is 33.4 Å². The summed E-state index contributed by atoms with van der Waals surface area (Å²) >= 11 is 6.22. The Balaban J connectivity index is 1.86. The highest BCUT2D eigenvalue weighted by molar-refractivity contribution is 6.33. The second-order valence-corrected chi connectivity index (χ2v) is 5.49. The average Bonchev–Trinajstić information content (AvgIpc) is 3.04. The molecule has 0 aliphatic rings. The van der Waals surface area contributed by atoms with E-state index in [-0.39, 0.29) is 0 Å². The molecule has 0 saturated heterocycles. The van der Waals surface area contributed by atoms with E-state index >= 15 is 0 Å². The fourth-order valence-corrected chi connectivity index (χ4v) is 2.87. The molecular formula is C19H12ClNO. The van der Waals surface area contributed by atoms with Gasteiger partial charge in [0, 0.05) is 17.2 Å². The van der Waals surface area contributed by atoms with Crippen molar-refractivity contribution in [3.05, 3.63) is 77.8 Å². The van der Waals surface area contributed by atoms with Crippen molar-refractivity contribution in [2.24, 2.45) is 0 Å². The number of benzene rings is 3. The lowest BCUT2D eigenvalue weighted by atomic mass is 10.0. The molecule has 106 valence electrons. The van der Waals surface area contributed by atoms with Gasteiger partial charge in [0.15, 0.2) is 5.76 Å². The van der Waals surface area contributed by atoms with Gasteiger partial charge in [0.25, 0.3) is 0 Å². The van der Waals surface area contributed by atoms with Crippen LogP contribution in [0.1, 0.15) is 0 Å². The number of halogens is 1. The standard InChI is InChI=1S/C19H12ClNO/c20-17-11-4-3-9-16(17)19-12-18(21-22-19)15-10-5-7-13-6-1-2-8-14(13)15/h1-12H. The molecule has 1 aromatic heterocycles. The van der Waals surface area contributed by atoms with Crippen molar-refractivity contribution in [2.75, 3.05) is 0 Å². The SMILES string of the molecule is Clc1ccccc1-c1cc(-c2cccc3ccccc23)no1. The van der Waals surface area contributed by atoms with Crippen LogP contribution in [0.15, 0.2) is 77.3 Å². The quantitative estimate of drug-likeness (QED) is 0.466. The van der Waals surface area contributed by atoms with E-state index in [1.54, 1.807) is 0 Å². The summed E-state index contributed by atoms with van der Waals surface area (Å²) < 4.78 is 5.50. The summed E-state index contributed by atoms with van der Waals surface area (Å²) in [4.78, 5) is 0. The number of nitrogens with zero attached hydrogens (tertiary/aromatic N) is 1. The molecule has 0 spiro atoms. The van der Waals surface area contributed by atoms with E-state index < -0.39 is 0 Å². The Kier molecular flexibility index (Phi) is 3.17. The molecule has 0 saturated carbocycles. The van der Waals surface area contributed by atoms with E-state index in [9.17, 15) is 0 Å². The second-order valence-electron chi connectivity index (χ2n) is 5.08. The summed E-state index contributed by atoms with van der Waals surface area (Å²) in [5.41, 5.74) is 2.72. The molecule has 0 atom stereocenters. The van der Waals surface area contributed by atoms with Crippen LogP contribution in [-0.2, 0) is 0 Å². The summed E-state index contributed by atoms with van der Waals surface area (Å²) in [7, 11) is 0. The minimum absolute atomic E-state index is 0.656. The summed E-state index contributed by atoms with van der Waals surface area (Å²) in [6, 6.07) is 23.9. The number of fused-ring (bicyclic) bond motifs is 1. The lowest BCUT2D eigenvalue weighted by Gasteiger charge is -2.02. The van der Waals surface area contributed by atoms with E-state index in [0.29, 0.717) is 10.8 Å². The van der Waals surface area contributed by atoms with Crippen LogP contribution in [0.2, 0.25) is 5.02 Å². The van der Waals surface area contributed by atoms with Gasteiger partial charge in [-0.05, 0) is 22.9 Å². The van der Waals surface area contributed by atoms with Gasteiger partial charge in [0.05, 0.1) is 5.02 Å². The Hall–Kier alpha value is -2.58. The molecule has 0 unspecified atom stereocenters. The van der Waals surface area contributed by atoms with Gasteiger partial charge in [-0.1, -0.05) is 71.4 Å². The summed E-state index contributed by atoms with van der Waals surface area (Å²) in [5.74, 6) is 0.675. The highest BCUT2D eigenvalue weighted by Crippen LogP contribution is 2.33. The van der Waals surface area contributed by atoms with Crippen molar-refractivity contribution in [2.45, 2.75) is 0 Å². The van der Waals surface area contributed by atoms with Gasteiger partial charge < -0.3 is 4.52 Å². The van der Waals surface area contributed by atoms with E-state index in [0.717, 1.165) is 22.2 Å². The van der Waals surface area contributed by atoms with Gasteiger partial charge in [0.1, 0.15) is 5.69 Å². The Morgan fingerprint density at radius 3 is 2.41 bits per heavy atom. The van der Waals surface area contributed by atoms with E-state index in [1.165, 1.54) is 5.39 Å². The molecule has 0 aliphatic heterocycles. The van der Waals surface area contributed by atoms with Gasteiger partial charge in [-0.15, -0.1) is 0 Å². The molecule has 3 aromatic carbocycles. The number of rotatable bonds is 2. The maximum absolute atomic E-state index is 6.22. The van der Waals surface area contributed by atoms with Crippen molar-refractivity contribution < 1.29 is 4.52 Å². The number of hydrogen-bond acceptors (Lipinski definition) is 2. The van der Waals surface area contributed by atoms with Crippen molar-refractivity contribution in [3.63, 3.8) is 0 Å². The van der Waals surface area contributed by atoms with Crippen LogP contribution in [0, 0.1) is 0 Å². The molecule has 0 amide bonds. The Morgan fingerprint density at radius 2 is 1.50 bits per heavy atom. The highest BCUT2D eigenvalue weighted by Gasteiger charge is 2.12. The number of hydrogen-bond donors (Lipinski definition) is 0. The average molecular weight is 306 g/mol. The first-order chi connectivity index (χ1) is 10.8. The van der Waals surface area contributed by atoms with Gasteiger partial charge in [-0.2, -0.15) is 0 Å². The zero-order valence-electron chi connectivity index (χ0n) is 11.7. The molecular weight excluding hydrogens is 294 g/mol. The first kappa shape index (κ1) is 13.1. The Bertz CT molecular complexity index is 953. The predicted molar refractivity (Wildman–Crippen MR) is 89.9 cm³/mol. The Morgan fingerprint density at radius 1 is 0.773 bits per heavy atom. The largest absolute Gasteiger partial charge is 0.356 e. The van der Waals surface area contributed by atoms with Gasteiger partial charge >= 0.3 is 0 Å². The van der Waals surface area contributed by atoms with Crippen LogP contribution in [0.4, 0.5) is 0 Å². The van der Waals surface area contributed by atoms with E-state index in [1.807, 2.05) is 48.5 Å². The zero-order chi connectivity index (χ0) is 14.9. The third kappa shape index (κ3) is 2.18.